The number of H-pyrrole nitrogens is 1. The molecular formula is C15H13N3O. The van der Waals surface area contributed by atoms with Crippen molar-refractivity contribution in [1.82, 2.24) is 4.98 Å². The lowest BCUT2D eigenvalue weighted by molar-refractivity contribution is 0.482. The molecule has 4 nitrogen and oxygen atoms in total. The molecule has 94 valence electrons. The molecule has 0 aliphatic heterocycles. The molecule has 3 rings (SSSR count). The smallest absolute Gasteiger partial charge is 0.196 e. The Kier molecular flexibility index (Phi) is 2.76. The predicted molar refractivity (Wildman–Crippen MR) is 75.3 cm³/mol. The number of benzene rings is 2. The van der Waals surface area contributed by atoms with E-state index in [2.05, 4.69) is 15.2 Å². The molecule has 0 radical (unpaired) electrons. The van der Waals surface area contributed by atoms with Crippen molar-refractivity contribution in [3.8, 4) is 5.75 Å². The second kappa shape index (κ2) is 4.57. The van der Waals surface area contributed by atoms with Crippen molar-refractivity contribution in [3.63, 3.8) is 0 Å². The van der Waals surface area contributed by atoms with Gasteiger partial charge in [-0.2, -0.15) is 0 Å². The Hall–Kier alpha value is -2.62. The minimum absolute atomic E-state index is 0.132. The van der Waals surface area contributed by atoms with Crippen molar-refractivity contribution in [2.75, 3.05) is 0 Å². The fourth-order valence-electron chi connectivity index (χ4n) is 1.96. The molecular weight excluding hydrogens is 238 g/mol. The molecule has 4 heteroatoms. The quantitative estimate of drug-likeness (QED) is 0.642. The molecule has 0 spiro atoms. The van der Waals surface area contributed by atoms with Crippen LogP contribution in [0.5, 0.6) is 5.75 Å². The third-order valence-electron chi connectivity index (χ3n) is 3.03. The lowest BCUT2D eigenvalue weighted by atomic mass is 10.2. The number of aromatic hydroxyl groups is 1. The fourth-order valence-corrected chi connectivity index (χ4v) is 1.96. The molecule has 0 unspecified atom stereocenters. The second-order valence-electron chi connectivity index (χ2n) is 4.35. The van der Waals surface area contributed by atoms with E-state index in [-0.39, 0.29) is 5.75 Å². The van der Waals surface area contributed by atoms with Crippen LogP contribution >= 0.6 is 0 Å². The van der Waals surface area contributed by atoms with Crippen molar-refractivity contribution >= 4 is 22.4 Å². The zero-order valence-corrected chi connectivity index (χ0v) is 10.5. The van der Waals surface area contributed by atoms with Crippen LogP contribution in [0.3, 0.4) is 0 Å². The predicted octanol–water partition coefficient (Wildman–Crippen LogP) is 4.60. The Labute approximate surface area is 110 Å². The molecule has 0 atom stereocenters. The van der Waals surface area contributed by atoms with Crippen LogP contribution in [0.25, 0.3) is 10.9 Å². The van der Waals surface area contributed by atoms with E-state index in [1.165, 1.54) is 0 Å². The van der Waals surface area contributed by atoms with Gasteiger partial charge in [-0.1, -0.05) is 30.3 Å². The molecule has 0 amide bonds. The Morgan fingerprint density at radius 2 is 1.68 bits per heavy atom. The summed E-state index contributed by atoms with van der Waals surface area (Å²) in [4.78, 5) is 3.04. The number of aryl methyl sites for hydroxylation is 1. The summed E-state index contributed by atoms with van der Waals surface area (Å²) in [5.74, 6) is 0.511. The Morgan fingerprint density at radius 1 is 0.947 bits per heavy atom. The van der Waals surface area contributed by atoms with E-state index in [9.17, 15) is 5.11 Å². The highest BCUT2D eigenvalue weighted by molar-refractivity contribution is 5.90. The van der Waals surface area contributed by atoms with E-state index < -0.39 is 0 Å². The number of aromatic nitrogens is 1. The van der Waals surface area contributed by atoms with E-state index in [1.807, 2.05) is 55.5 Å². The summed E-state index contributed by atoms with van der Waals surface area (Å²) in [6, 6.07) is 15.2. The normalized spacial score (nSPS) is 11.4. The number of hydrogen-bond donors (Lipinski definition) is 2. The summed E-state index contributed by atoms with van der Waals surface area (Å²) in [6.45, 7) is 1.97. The average molecular weight is 251 g/mol. The minimum atomic E-state index is 0.132. The molecule has 0 bridgehead atoms. The SMILES string of the molecule is Cc1ccccc1N=Nc1[nH]c2ccccc2c1O. The van der Waals surface area contributed by atoms with Gasteiger partial charge in [-0.05, 0) is 30.7 Å². The lowest BCUT2D eigenvalue weighted by Gasteiger charge is -1.96. The maximum absolute atomic E-state index is 10.1. The summed E-state index contributed by atoms with van der Waals surface area (Å²) in [7, 11) is 0. The highest BCUT2D eigenvalue weighted by atomic mass is 16.3. The van der Waals surface area contributed by atoms with E-state index >= 15 is 0 Å². The number of para-hydroxylation sites is 1. The summed E-state index contributed by atoms with van der Waals surface area (Å²) < 4.78 is 0. The van der Waals surface area contributed by atoms with Crippen molar-refractivity contribution in [2.24, 2.45) is 10.2 Å². The zero-order chi connectivity index (χ0) is 13.2. The van der Waals surface area contributed by atoms with E-state index in [4.69, 9.17) is 0 Å². The molecule has 0 fully saturated rings. The highest BCUT2D eigenvalue weighted by Crippen LogP contribution is 2.35. The third kappa shape index (κ3) is 2.08. The minimum Gasteiger partial charge on any atom is -0.504 e. The van der Waals surface area contributed by atoms with Crippen LogP contribution in [0.4, 0.5) is 11.5 Å². The number of hydrogen-bond acceptors (Lipinski definition) is 3. The van der Waals surface area contributed by atoms with Gasteiger partial charge in [0.25, 0.3) is 0 Å². The fraction of sp³-hybridized carbons (Fsp3) is 0.0667. The summed E-state index contributed by atoms with van der Waals surface area (Å²) >= 11 is 0. The van der Waals surface area contributed by atoms with Gasteiger partial charge < -0.3 is 10.1 Å². The van der Waals surface area contributed by atoms with Gasteiger partial charge in [0, 0.05) is 5.39 Å². The van der Waals surface area contributed by atoms with Gasteiger partial charge in [-0.25, -0.2) is 0 Å². The molecule has 0 aliphatic carbocycles. The second-order valence-corrected chi connectivity index (χ2v) is 4.35. The Morgan fingerprint density at radius 3 is 2.47 bits per heavy atom. The number of aromatic amines is 1. The van der Waals surface area contributed by atoms with Crippen molar-refractivity contribution in [2.45, 2.75) is 6.92 Å². The first-order valence-electron chi connectivity index (χ1n) is 6.03. The van der Waals surface area contributed by atoms with Crippen LogP contribution < -0.4 is 0 Å². The summed E-state index contributed by atoms with van der Waals surface area (Å²) in [6.07, 6.45) is 0. The lowest BCUT2D eigenvalue weighted by Crippen LogP contribution is -1.71. The molecule has 1 aromatic heterocycles. The summed E-state index contributed by atoms with van der Waals surface area (Å²) in [5.41, 5.74) is 2.68. The van der Waals surface area contributed by atoms with Gasteiger partial charge >= 0.3 is 0 Å². The van der Waals surface area contributed by atoms with Crippen molar-refractivity contribution in [3.05, 3.63) is 54.1 Å². The first-order chi connectivity index (χ1) is 9.25. The van der Waals surface area contributed by atoms with Crippen LogP contribution in [0.2, 0.25) is 0 Å². The van der Waals surface area contributed by atoms with Crippen LogP contribution in [-0.4, -0.2) is 10.1 Å². The Bertz CT molecular complexity index is 759. The number of nitrogens with zero attached hydrogens (tertiary/aromatic N) is 2. The van der Waals surface area contributed by atoms with Crippen LogP contribution in [0.1, 0.15) is 5.56 Å². The Balaban J connectivity index is 2.02. The van der Waals surface area contributed by atoms with Gasteiger partial charge in [0.15, 0.2) is 11.6 Å². The van der Waals surface area contributed by atoms with E-state index in [1.54, 1.807) is 0 Å². The van der Waals surface area contributed by atoms with Gasteiger partial charge in [0.05, 0.1) is 11.2 Å². The molecule has 3 aromatic rings. The summed E-state index contributed by atoms with van der Waals surface area (Å²) in [5, 5.41) is 19.1. The van der Waals surface area contributed by atoms with E-state index in [0.717, 1.165) is 22.2 Å². The van der Waals surface area contributed by atoms with Crippen LogP contribution in [-0.2, 0) is 0 Å². The molecule has 2 aromatic carbocycles. The molecule has 0 saturated carbocycles. The standard InChI is InChI=1S/C15H13N3O/c1-10-6-2-4-8-12(10)17-18-15-14(19)11-7-3-5-9-13(11)16-15/h2-9,16,19H,1H3. The largest absolute Gasteiger partial charge is 0.504 e. The average Bonchev–Trinajstić information content (AvgIpc) is 2.75. The van der Waals surface area contributed by atoms with Gasteiger partial charge in [0.1, 0.15) is 0 Å². The maximum atomic E-state index is 10.1. The topological polar surface area (TPSA) is 60.7 Å². The number of fused-ring (bicyclic) bond motifs is 1. The van der Waals surface area contributed by atoms with Gasteiger partial charge in [0.2, 0.25) is 0 Å². The van der Waals surface area contributed by atoms with Crippen LogP contribution in [0, 0.1) is 6.92 Å². The number of azo groups is 1. The number of rotatable bonds is 2. The van der Waals surface area contributed by atoms with Gasteiger partial charge in [-0.15, -0.1) is 10.2 Å². The van der Waals surface area contributed by atoms with Gasteiger partial charge in [-0.3, -0.25) is 0 Å². The first-order valence-corrected chi connectivity index (χ1v) is 6.03. The van der Waals surface area contributed by atoms with E-state index in [0.29, 0.717) is 5.82 Å². The highest BCUT2D eigenvalue weighted by Gasteiger charge is 2.08. The molecule has 0 aliphatic rings. The van der Waals surface area contributed by atoms with Crippen molar-refractivity contribution < 1.29 is 5.11 Å². The molecule has 19 heavy (non-hydrogen) atoms. The maximum Gasteiger partial charge on any atom is 0.196 e. The molecule has 0 saturated heterocycles. The zero-order valence-electron chi connectivity index (χ0n) is 10.5. The molecule has 1 heterocycles. The van der Waals surface area contributed by atoms with Crippen molar-refractivity contribution in [1.29, 1.82) is 0 Å². The molecule has 2 N–H and O–H groups in total. The third-order valence-corrected chi connectivity index (χ3v) is 3.03. The monoisotopic (exact) mass is 251 g/mol. The first kappa shape index (κ1) is 11.5. The number of nitrogens with one attached hydrogen (secondary N) is 1. The van der Waals surface area contributed by atoms with Crippen LogP contribution in [0.15, 0.2) is 58.8 Å².